The van der Waals surface area contributed by atoms with Crippen LogP contribution in [-0.2, 0) is 14.6 Å². The summed E-state index contributed by atoms with van der Waals surface area (Å²) < 4.78 is 37.1. The van der Waals surface area contributed by atoms with Crippen LogP contribution in [-0.4, -0.2) is 75.3 Å². The molecule has 0 saturated carbocycles. The Morgan fingerprint density at radius 2 is 1.74 bits per heavy atom. The molecule has 0 bridgehead atoms. The Kier molecular flexibility index (Phi) is 6.20. The van der Waals surface area contributed by atoms with Gasteiger partial charge < -0.3 is 14.4 Å². The lowest BCUT2D eigenvalue weighted by atomic mass is 10.2. The zero-order chi connectivity index (χ0) is 22.0. The standard InChI is InChI=1S/C23H28N2O5S/c1-17-7-8-18(2)22(15-17)31(27,28)14-13-24-9-11-25(12-10-24)23(26)21-16-29-19-5-3-4-6-20(19)30-21/h3-8,15,21H,9-14,16H2,1-2H3. The van der Waals surface area contributed by atoms with Gasteiger partial charge in [0.05, 0.1) is 10.6 Å². The number of carbonyl (C=O) groups is 1. The predicted molar refractivity (Wildman–Crippen MR) is 117 cm³/mol. The number of benzene rings is 2. The Hall–Kier alpha value is -2.58. The predicted octanol–water partition coefficient (Wildman–Crippen LogP) is 2.06. The molecule has 0 spiro atoms. The van der Waals surface area contributed by atoms with Crippen LogP contribution < -0.4 is 9.47 Å². The van der Waals surface area contributed by atoms with Gasteiger partial charge in [0.2, 0.25) is 6.10 Å². The molecule has 0 radical (unpaired) electrons. The summed E-state index contributed by atoms with van der Waals surface area (Å²) in [6.45, 7) is 6.74. The van der Waals surface area contributed by atoms with Crippen LogP contribution in [0.3, 0.4) is 0 Å². The third-order valence-electron chi connectivity index (χ3n) is 5.82. The van der Waals surface area contributed by atoms with Crippen molar-refractivity contribution in [2.24, 2.45) is 0 Å². The topological polar surface area (TPSA) is 76.2 Å². The van der Waals surface area contributed by atoms with Gasteiger partial charge in [-0.05, 0) is 43.2 Å². The van der Waals surface area contributed by atoms with Crippen LogP contribution >= 0.6 is 0 Å². The van der Waals surface area contributed by atoms with Gasteiger partial charge in [-0.25, -0.2) is 8.42 Å². The molecule has 1 fully saturated rings. The smallest absolute Gasteiger partial charge is 0.267 e. The van der Waals surface area contributed by atoms with Gasteiger partial charge in [0.25, 0.3) is 5.91 Å². The highest BCUT2D eigenvalue weighted by molar-refractivity contribution is 7.91. The zero-order valence-corrected chi connectivity index (χ0v) is 18.7. The normalized spacial score (nSPS) is 19.3. The number of aryl methyl sites for hydroxylation is 2. The molecule has 2 heterocycles. The summed E-state index contributed by atoms with van der Waals surface area (Å²) in [5.74, 6) is 1.22. The first-order valence-corrected chi connectivity index (χ1v) is 12.2. The van der Waals surface area contributed by atoms with E-state index in [2.05, 4.69) is 4.90 Å². The summed E-state index contributed by atoms with van der Waals surface area (Å²) in [5.41, 5.74) is 1.71. The summed E-state index contributed by atoms with van der Waals surface area (Å²) in [6.07, 6.45) is -0.647. The summed E-state index contributed by atoms with van der Waals surface area (Å²) in [5, 5.41) is 0. The molecule has 0 aromatic heterocycles. The van der Waals surface area contributed by atoms with E-state index in [1.807, 2.05) is 44.2 Å². The maximum atomic E-state index is 12.8. The molecule has 0 aliphatic carbocycles. The van der Waals surface area contributed by atoms with E-state index in [0.29, 0.717) is 49.1 Å². The van der Waals surface area contributed by atoms with E-state index in [1.165, 1.54) is 0 Å². The van der Waals surface area contributed by atoms with E-state index < -0.39 is 15.9 Å². The first kappa shape index (κ1) is 21.6. The fourth-order valence-corrected chi connectivity index (χ4v) is 5.58. The second-order valence-electron chi connectivity index (χ2n) is 8.12. The molecule has 2 aliphatic heterocycles. The molecule has 2 aliphatic rings. The SMILES string of the molecule is Cc1ccc(C)c(S(=O)(=O)CCN2CCN(C(=O)C3COc4ccccc4O3)CC2)c1. The minimum absolute atomic E-state index is 0.0710. The Labute approximate surface area is 183 Å². The molecule has 1 saturated heterocycles. The average molecular weight is 445 g/mol. The number of sulfone groups is 1. The molecule has 0 N–H and O–H groups in total. The molecular formula is C23H28N2O5S. The fraction of sp³-hybridized carbons (Fsp3) is 0.435. The minimum Gasteiger partial charge on any atom is -0.485 e. The van der Waals surface area contributed by atoms with Crippen molar-refractivity contribution in [1.82, 2.24) is 9.80 Å². The number of para-hydroxylation sites is 2. The molecule has 1 amide bonds. The first-order valence-electron chi connectivity index (χ1n) is 10.5. The van der Waals surface area contributed by atoms with Gasteiger partial charge in [0.15, 0.2) is 21.3 Å². The monoisotopic (exact) mass is 444 g/mol. The molecule has 8 heteroatoms. The van der Waals surface area contributed by atoms with Crippen LogP contribution in [0.4, 0.5) is 0 Å². The first-order chi connectivity index (χ1) is 14.8. The molecule has 2 aromatic rings. The van der Waals surface area contributed by atoms with E-state index in [9.17, 15) is 13.2 Å². The second-order valence-corrected chi connectivity index (χ2v) is 10.2. The number of amides is 1. The molecule has 1 atom stereocenters. The molecule has 7 nitrogen and oxygen atoms in total. The quantitative estimate of drug-likeness (QED) is 0.703. The highest BCUT2D eigenvalue weighted by Crippen LogP contribution is 2.31. The zero-order valence-electron chi connectivity index (χ0n) is 17.9. The number of piperazine rings is 1. The van der Waals surface area contributed by atoms with E-state index in [1.54, 1.807) is 17.0 Å². The summed E-state index contributed by atoms with van der Waals surface area (Å²) in [6, 6.07) is 12.8. The lowest BCUT2D eigenvalue weighted by Crippen LogP contribution is -2.54. The fourth-order valence-electron chi connectivity index (χ4n) is 3.94. The molecule has 2 aromatic carbocycles. The van der Waals surface area contributed by atoms with Gasteiger partial charge in [-0.2, -0.15) is 0 Å². The number of hydrogen-bond donors (Lipinski definition) is 0. The van der Waals surface area contributed by atoms with Gasteiger partial charge in [-0.3, -0.25) is 9.69 Å². The minimum atomic E-state index is -3.35. The summed E-state index contributed by atoms with van der Waals surface area (Å²) >= 11 is 0. The number of nitrogens with zero attached hydrogens (tertiary/aromatic N) is 2. The maximum Gasteiger partial charge on any atom is 0.267 e. The highest BCUT2D eigenvalue weighted by Gasteiger charge is 2.33. The van der Waals surface area contributed by atoms with E-state index >= 15 is 0 Å². The van der Waals surface area contributed by atoms with Crippen molar-refractivity contribution in [2.75, 3.05) is 45.1 Å². The number of rotatable bonds is 5. The molecule has 166 valence electrons. The number of ether oxygens (including phenoxy) is 2. The van der Waals surface area contributed by atoms with Gasteiger partial charge in [-0.1, -0.05) is 24.3 Å². The highest BCUT2D eigenvalue weighted by atomic mass is 32.2. The van der Waals surface area contributed by atoms with Crippen molar-refractivity contribution in [1.29, 1.82) is 0 Å². The van der Waals surface area contributed by atoms with Crippen molar-refractivity contribution in [3.8, 4) is 11.5 Å². The van der Waals surface area contributed by atoms with Crippen LogP contribution in [0, 0.1) is 13.8 Å². The van der Waals surface area contributed by atoms with Crippen molar-refractivity contribution in [2.45, 2.75) is 24.8 Å². The van der Waals surface area contributed by atoms with Crippen LogP contribution in [0.15, 0.2) is 47.4 Å². The molecule has 31 heavy (non-hydrogen) atoms. The van der Waals surface area contributed by atoms with Crippen molar-refractivity contribution in [3.05, 3.63) is 53.6 Å². The van der Waals surface area contributed by atoms with E-state index in [-0.39, 0.29) is 18.3 Å². The van der Waals surface area contributed by atoms with Crippen LogP contribution in [0.2, 0.25) is 0 Å². The Morgan fingerprint density at radius 1 is 1.03 bits per heavy atom. The Morgan fingerprint density at radius 3 is 2.48 bits per heavy atom. The van der Waals surface area contributed by atoms with Gasteiger partial charge in [0, 0.05) is 32.7 Å². The Bertz CT molecular complexity index is 1060. The summed E-state index contributed by atoms with van der Waals surface area (Å²) in [7, 11) is -3.35. The van der Waals surface area contributed by atoms with Gasteiger partial charge in [-0.15, -0.1) is 0 Å². The van der Waals surface area contributed by atoms with E-state index in [0.717, 1.165) is 11.1 Å². The maximum absolute atomic E-state index is 12.8. The van der Waals surface area contributed by atoms with Crippen LogP contribution in [0.25, 0.3) is 0 Å². The molecular weight excluding hydrogens is 416 g/mol. The third kappa shape index (κ3) is 4.85. The number of fused-ring (bicyclic) bond motifs is 1. The lowest BCUT2D eigenvalue weighted by molar-refractivity contribution is -0.142. The largest absolute Gasteiger partial charge is 0.485 e. The summed E-state index contributed by atoms with van der Waals surface area (Å²) in [4.78, 5) is 17.1. The molecule has 1 unspecified atom stereocenters. The average Bonchev–Trinajstić information content (AvgIpc) is 2.79. The Balaban J connectivity index is 1.29. The van der Waals surface area contributed by atoms with Crippen LogP contribution in [0.5, 0.6) is 11.5 Å². The van der Waals surface area contributed by atoms with Crippen molar-refractivity contribution in [3.63, 3.8) is 0 Å². The van der Waals surface area contributed by atoms with Gasteiger partial charge in [0.1, 0.15) is 6.61 Å². The van der Waals surface area contributed by atoms with Crippen molar-refractivity contribution < 1.29 is 22.7 Å². The lowest BCUT2D eigenvalue weighted by Gasteiger charge is -2.37. The third-order valence-corrected chi connectivity index (χ3v) is 7.65. The molecule has 4 rings (SSSR count). The van der Waals surface area contributed by atoms with Crippen LogP contribution in [0.1, 0.15) is 11.1 Å². The van der Waals surface area contributed by atoms with E-state index in [4.69, 9.17) is 9.47 Å². The number of hydrogen-bond acceptors (Lipinski definition) is 6. The van der Waals surface area contributed by atoms with Gasteiger partial charge >= 0.3 is 0 Å². The number of carbonyl (C=O) groups excluding carboxylic acids is 1. The second kappa shape index (κ2) is 8.88. The van der Waals surface area contributed by atoms with Crippen molar-refractivity contribution >= 4 is 15.7 Å².